The van der Waals surface area contributed by atoms with Crippen LogP contribution in [0.25, 0.3) is 0 Å². The molecule has 2 nitrogen and oxygen atoms in total. The van der Waals surface area contributed by atoms with Gasteiger partial charge in [0.25, 0.3) is 0 Å². The quantitative estimate of drug-likeness (QED) is 0.697. The number of hydrogen-bond acceptors (Lipinski definition) is 1. The Bertz CT molecular complexity index is 417. The predicted molar refractivity (Wildman–Crippen MR) is 84.9 cm³/mol. The van der Waals surface area contributed by atoms with Crippen LogP contribution in [0, 0.1) is 13.8 Å². The lowest BCUT2D eigenvalue weighted by atomic mass is 10.0. The summed E-state index contributed by atoms with van der Waals surface area (Å²) in [5, 5.41) is 0.843. The highest BCUT2D eigenvalue weighted by Gasteiger charge is 2.13. The molecular weight excluding hydrogens is 302 g/mol. The Balaban J connectivity index is 2.66. The number of halogens is 1. The fourth-order valence-electron chi connectivity index (χ4n) is 2.01. The summed E-state index contributed by atoms with van der Waals surface area (Å²) in [5.74, 6) is 0.233. The second-order valence-corrected chi connectivity index (χ2v) is 5.81. The predicted octanol–water partition coefficient (Wildman–Crippen LogP) is 3.87. The number of hydrogen-bond donors (Lipinski definition) is 0. The molecule has 3 heteroatoms. The molecule has 0 heterocycles. The fraction of sp³-hybridized carbons (Fsp3) is 0.562. The largest absolute Gasteiger partial charge is 0.342 e. The van der Waals surface area contributed by atoms with Gasteiger partial charge in [-0.05, 0) is 37.0 Å². The molecule has 0 unspecified atom stereocenters. The molecule has 0 fully saturated rings. The Morgan fingerprint density at radius 1 is 1.21 bits per heavy atom. The zero-order chi connectivity index (χ0) is 14.3. The Morgan fingerprint density at radius 2 is 1.95 bits per heavy atom. The standard InChI is InChI=1S/C16H24BrNO/c1-4-5-9-18(10-8-17)16(19)12-15-7-6-13(2)14(3)11-15/h6-7,11H,4-5,8-10,12H2,1-3H3. The van der Waals surface area contributed by atoms with E-state index in [-0.39, 0.29) is 5.91 Å². The van der Waals surface area contributed by atoms with Crippen molar-refractivity contribution in [3.8, 4) is 0 Å². The van der Waals surface area contributed by atoms with Gasteiger partial charge < -0.3 is 4.90 Å². The van der Waals surface area contributed by atoms with Gasteiger partial charge >= 0.3 is 0 Å². The molecule has 106 valence electrons. The van der Waals surface area contributed by atoms with E-state index in [1.807, 2.05) is 4.90 Å². The molecule has 0 aliphatic rings. The SMILES string of the molecule is CCCCN(CCBr)C(=O)Cc1ccc(C)c(C)c1. The van der Waals surface area contributed by atoms with Crippen LogP contribution < -0.4 is 0 Å². The first-order valence-corrected chi connectivity index (χ1v) is 8.10. The molecule has 0 aromatic heterocycles. The first kappa shape index (κ1) is 16.2. The van der Waals surface area contributed by atoms with Crippen LogP contribution in [0.1, 0.15) is 36.5 Å². The van der Waals surface area contributed by atoms with E-state index < -0.39 is 0 Å². The first-order valence-electron chi connectivity index (χ1n) is 6.98. The number of carbonyl (C=O) groups is 1. The van der Waals surface area contributed by atoms with Gasteiger partial charge in [0.2, 0.25) is 5.91 Å². The molecule has 1 aromatic rings. The second-order valence-electron chi connectivity index (χ2n) is 5.02. The maximum Gasteiger partial charge on any atom is 0.227 e. The van der Waals surface area contributed by atoms with Crippen molar-refractivity contribution >= 4 is 21.8 Å². The molecule has 0 atom stereocenters. The number of rotatable bonds is 7. The molecule has 19 heavy (non-hydrogen) atoms. The lowest BCUT2D eigenvalue weighted by molar-refractivity contribution is -0.130. The van der Waals surface area contributed by atoms with Crippen molar-refractivity contribution in [2.45, 2.75) is 40.0 Å². The minimum Gasteiger partial charge on any atom is -0.342 e. The summed E-state index contributed by atoms with van der Waals surface area (Å²) < 4.78 is 0. The minimum atomic E-state index is 0.233. The minimum absolute atomic E-state index is 0.233. The lowest BCUT2D eigenvalue weighted by Crippen LogP contribution is -2.34. The second kappa shape index (κ2) is 8.36. The molecule has 1 aromatic carbocycles. The Hall–Kier alpha value is -0.830. The van der Waals surface area contributed by atoms with Gasteiger partial charge in [-0.25, -0.2) is 0 Å². The van der Waals surface area contributed by atoms with Gasteiger partial charge in [-0.1, -0.05) is 47.5 Å². The van der Waals surface area contributed by atoms with E-state index in [0.29, 0.717) is 6.42 Å². The van der Waals surface area contributed by atoms with Crippen LogP contribution in [0.15, 0.2) is 18.2 Å². The number of aryl methyl sites for hydroxylation is 2. The Kier molecular flexibility index (Phi) is 7.14. The molecule has 0 saturated heterocycles. The Morgan fingerprint density at radius 3 is 2.53 bits per heavy atom. The number of unbranched alkanes of at least 4 members (excludes halogenated alkanes) is 1. The van der Waals surface area contributed by atoms with Gasteiger partial charge in [-0.2, -0.15) is 0 Å². The first-order chi connectivity index (χ1) is 9.08. The number of nitrogens with zero attached hydrogens (tertiary/aromatic N) is 1. The van der Waals surface area contributed by atoms with E-state index >= 15 is 0 Å². The molecule has 0 aliphatic carbocycles. The van der Waals surface area contributed by atoms with Crippen LogP contribution in [-0.2, 0) is 11.2 Å². The van der Waals surface area contributed by atoms with E-state index in [4.69, 9.17) is 0 Å². The maximum absolute atomic E-state index is 12.3. The zero-order valence-corrected chi connectivity index (χ0v) is 13.8. The van der Waals surface area contributed by atoms with Crippen molar-refractivity contribution < 1.29 is 4.79 Å². The summed E-state index contributed by atoms with van der Waals surface area (Å²) in [7, 11) is 0. The third-order valence-corrected chi connectivity index (χ3v) is 3.77. The molecule has 0 bridgehead atoms. The van der Waals surface area contributed by atoms with Crippen LogP contribution in [0.3, 0.4) is 0 Å². The molecule has 0 N–H and O–H groups in total. The zero-order valence-electron chi connectivity index (χ0n) is 12.2. The Labute approximate surface area is 125 Å². The van der Waals surface area contributed by atoms with Crippen molar-refractivity contribution in [2.24, 2.45) is 0 Å². The maximum atomic E-state index is 12.3. The lowest BCUT2D eigenvalue weighted by Gasteiger charge is -2.21. The van der Waals surface area contributed by atoms with E-state index in [9.17, 15) is 4.79 Å². The van der Waals surface area contributed by atoms with E-state index in [1.54, 1.807) is 0 Å². The number of alkyl halides is 1. The average Bonchev–Trinajstić information content (AvgIpc) is 2.38. The molecule has 0 aliphatic heterocycles. The highest BCUT2D eigenvalue weighted by Crippen LogP contribution is 2.11. The summed E-state index contributed by atoms with van der Waals surface area (Å²) in [6, 6.07) is 6.28. The summed E-state index contributed by atoms with van der Waals surface area (Å²) in [6.45, 7) is 8.01. The third-order valence-electron chi connectivity index (χ3n) is 3.42. The summed E-state index contributed by atoms with van der Waals surface area (Å²) >= 11 is 3.42. The molecule has 0 radical (unpaired) electrons. The van der Waals surface area contributed by atoms with Crippen LogP contribution >= 0.6 is 15.9 Å². The smallest absolute Gasteiger partial charge is 0.227 e. The van der Waals surface area contributed by atoms with E-state index in [1.165, 1.54) is 11.1 Å². The summed E-state index contributed by atoms with van der Waals surface area (Å²) in [5.41, 5.74) is 3.65. The number of amides is 1. The van der Waals surface area contributed by atoms with Crippen LogP contribution in [0.5, 0.6) is 0 Å². The molecule has 1 amide bonds. The molecule has 1 rings (SSSR count). The van der Waals surface area contributed by atoms with Gasteiger partial charge in [0.1, 0.15) is 0 Å². The normalized spacial score (nSPS) is 10.5. The van der Waals surface area contributed by atoms with Gasteiger partial charge in [-0.3, -0.25) is 4.79 Å². The molecule has 0 spiro atoms. The van der Waals surface area contributed by atoms with Crippen molar-refractivity contribution in [3.05, 3.63) is 34.9 Å². The summed E-state index contributed by atoms with van der Waals surface area (Å²) in [6.07, 6.45) is 2.71. The van der Waals surface area contributed by atoms with Crippen molar-refractivity contribution in [1.29, 1.82) is 0 Å². The average molecular weight is 326 g/mol. The highest BCUT2D eigenvalue weighted by atomic mass is 79.9. The highest BCUT2D eigenvalue weighted by molar-refractivity contribution is 9.09. The number of benzene rings is 1. The van der Waals surface area contributed by atoms with Crippen LogP contribution in [0.2, 0.25) is 0 Å². The number of carbonyl (C=O) groups excluding carboxylic acids is 1. The van der Waals surface area contributed by atoms with Gasteiger partial charge in [0.15, 0.2) is 0 Å². The third kappa shape index (κ3) is 5.35. The van der Waals surface area contributed by atoms with E-state index in [0.717, 1.165) is 36.8 Å². The summed E-state index contributed by atoms with van der Waals surface area (Å²) in [4.78, 5) is 14.3. The van der Waals surface area contributed by atoms with Crippen LogP contribution in [-0.4, -0.2) is 29.2 Å². The van der Waals surface area contributed by atoms with Crippen molar-refractivity contribution in [3.63, 3.8) is 0 Å². The van der Waals surface area contributed by atoms with Gasteiger partial charge in [0.05, 0.1) is 6.42 Å². The van der Waals surface area contributed by atoms with Gasteiger partial charge in [0, 0.05) is 18.4 Å². The molecule has 0 saturated carbocycles. The molecular formula is C16H24BrNO. The van der Waals surface area contributed by atoms with Crippen LogP contribution in [0.4, 0.5) is 0 Å². The topological polar surface area (TPSA) is 20.3 Å². The van der Waals surface area contributed by atoms with Gasteiger partial charge in [-0.15, -0.1) is 0 Å². The van der Waals surface area contributed by atoms with Crippen molar-refractivity contribution in [1.82, 2.24) is 4.90 Å². The van der Waals surface area contributed by atoms with E-state index in [2.05, 4.69) is 54.9 Å². The fourth-order valence-corrected chi connectivity index (χ4v) is 2.44. The van der Waals surface area contributed by atoms with Crippen molar-refractivity contribution in [2.75, 3.05) is 18.4 Å². The monoisotopic (exact) mass is 325 g/mol.